The molecule has 1 aliphatic rings. The average molecular weight is 353 g/mol. The van der Waals surface area contributed by atoms with Crippen molar-refractivity contribution in [3.8, 4) is 11.8 Å². The second kappa shape index (κ2) is 6.51. The Kier molecular flexibility index (Phi) is 4.04. The maximum Gasteiger partial charge on any atom is 0.229 e. The SMILES string of the molecule is N#Cc1cc(C(=O)c2ccnn2-c2ccc(F)cc2C2OCCO2)[nH]n1. The molecule has 0 saturated carbocycles. The van der Waals surface area contributed by atoms with Gasteiger partial charge in [-0.05, 0) is 24.3 Å². The first kappa shape index (κ1) is 16.1. The van der Waals surface area contributed by atoms with Crippen LogP contribution < -0.4 is 0 Å². The van der Waals surface area contributed by atoms with Crippen LogP contribution >= 0.6 is 0 Å². The summed E-state index contributed by atoms with van der Waals surface area (Å²) in [7, 11) is 0. The van der Waals surface area contributed by atoms with E-state index in [0.717, 1.165) is 0 Å². The summed E-state index contributed by atoms with van der Waals surface area (Å²) in [6.45, 7) is 0.799. The number of hydrogen-bond acceptors (Lipinski definition) is 6. The van der Waals surface area contributed by atoms with E-state index in [1.807, 2.05) is 6.07 Å². The van der Waals surface area contributed by atoms with Crippen LogP contribution in [0.1, 0.15) is 33.7 Å². The van der Waals surface area contributed by atoms with E-state index in [0.29, 0.717) is 24.5 Å². The summed E-state index contributed by atoms with van der Waals surface area (Å²) in [5, 5.41) is 19.3. The minimum absolute atomic E-state index is 0.106. The van der Waals surface area contributed by atoms with Crippen molar-refractivity contribution in [1.29, 1.82) is 5.26 Å². The molecule has 0 aliphatic carbocycles. The smallest absolute Gasteiger partial charge is 0.229 e. The molecule has 4 rings (SSSR count). The Morgan fingerprint density at radius 1 is 1.31 bits per heavy atom. The molecule has 9 heteroatoms. The third-order valence-corrected chi connectivity index (χ3v) is 3.91. The molecule has 3 aromatic rings. The standard InChI is InChI=1S/C17H12FN5O3/c18-10-1-2-14(12(7-10)17-25-5-6-26-17)23-15(3-4-20-23)16(24)13-8-11(9-19)21-22-13/h1-4,7-8,17H,5-6H2,(H,21,22). The zero-order chi connectivity index (χ0) is 18.1. The van der Waals surface area contributed by atoms with Crippen LogP contribution in [-0.4, -0.2) is 39.0 Å². The van der Waals surface area contributed by atoms with Crippen molar-refractivity contribution in [2.45, 2.75) is 6.29 Å². The monoisotopic (exact) mass is 353 g/mol. The number of carbonyl (C=O) groups is 1. The summed E-state index contributed by atoms with van der Waals surface area (Å²) >= 11 is 0. The molecule has 1 saturated heterocycles. The Morgan fingerprint density at radius 2 is 2.12 bits per heavy atom. The maximum absolute atomic E-state index is 13.8. The number of carbonyl (C=O) groups excluding carboxylic acids is 1. The Morgan fingerprint density at radius 3 is 2.85 bits per heavy atom. The van der Waals surface area contributed by atoms with Crippen LogP contribution in [0.25, 0.3) is 5.69 Å². The van der Waals surface area contributed by atoms with Crippen LogP contribution in [0.15, 0.2) is 36.5 Å². The Labute approximate surface area is 146 Å². The predicted molar refractivity (Wildman–Crippen MR) is 84.9 cm³/mol. The van der Waals surface area contributed by atoms with Gasteiger partial charge >= 0.3 is 0 Å². The molecule has 0 spiro atoms. The average Bonchev–Trinajstić information content (AvgIpc) is 3.41. The van der Waals surface area contributed by atoms with Crippen LogP contribution in [0.4, 0.5) is 4.39 Å². The van der Waals surface area contributed by atoms with Gasteiger partial charge in [-0.1, -0.05) is 0 Å². The van der Waals surface area contributed by atoms with Gasteiger partial charge in [0.2, 0.25) is 5.78 Å². The van der Waals surface area contributed by atoms with E-state index in [4.69, 9.17) is 14.7 Å². The van der Waals surface area contributed by atoms with Gasteiger partial charge in [-0.3, -0.25) is 9.89 Å². The van der Waals surface area contributed by atoms with Gasteiger partial charge in [-0.2, -0.15) is 15.5 Å². The first-order valence-corrected chi connectivity index (χ1v) is 7.74. The predicted octanol–water partition coefficient (Wildman–Crippen LogP) is 1.88. The van der Waals surface area contributed by atoms with Gasteiger partial charge in [0.05, 0.1) is 25.1 Å². The highest BCUT2D eigenvalue weighted by Crippen LogP contribution is 2.30. The van der Waals surface area contributed by atoms with E-state index in [1.54, 1.807) is 0 Å². The number of ketones is 1. The van der Waals surface area contributed by atoms with Gasteiger partial charge in [0, 0.05) is 11.6 Å². The van der Waals surface area contributed by atoms with Crippen molar-refractivity contribution in [2.75, 3.05) is 13.2 Å². The van der Waals surface area contributed by atoms with Gasteiger partial charge < -0.3 is 9.47 Å². The van der Waals surface area contributed by atoms with Crippen molar-refractivity contribution in [3.05, 3.63) is 65.0 Å². The van der Waals surface area contributed by atoms with E-state index in [2.05, 4.69) is 15.3 Å². The highest BCUT2D eigenvalue weighted by molar-refractivity contribution is 6.07. The van der Waals surface area contributed by atoms with Gasteiger partial charge in [-0.25, -0.2) is 9.07 Å². The second-order valence-corrected chi connectivity index (χ2v) is 5.51. The highest BCUT2D eigenvalue weighted by Gasteiger charge is 2.25. The molecule has 130 valence electrons. The number of nitrogens with one attached hydrogen (secondary N) is 1. The molecular weight excluding hydrogens is 341 g/mol. The molecule has 1 N–H and O–H groups in total. The molecule has 0 radical (unpaired) electrons. The minimum atomic E-state index is -0.731. The quantitative estimate of drug-likeness (QED) is 0.718. The molecular formula is C17H12FN5O3. The molecule has 0 amide bonds. The molecule has 3 heterocycles. The van der Waals surface area contributed by atoms with Crippen LogP contribution in [0, 0.1) is 17.1 Å². The Hall–Kier alpha value is -3.35. The number of aromatic nitrogens is 4. The Bertz CT molecular complexity index is 1010. The zero-order valence-electron chi connectivity index (χ0n) is 13.3. The number of H-pyrrole nitrogens is 1. The normalized spacial score (nSPS) is 14.5. The summed E-state index contributed by atoms with van der Waals surface area (Å²) in [5.74, 6) is -0.852. The fourth-order valence-corrected chi connectivity index (χ4v) is 2.75. The van der Waals surface area contributed by atoms with Crippen LogP contribution in [0.3, 0.4) is 0 Å². The number of nitrogens with zero attached hydrogens (tertiary/aromatic N) is 4. The van der Waals surface area contributed by atoms with Crippen molar-refractivity contribution in [2.24, 2.45) is 0 Å². The van der Waals surface area contributed by atoms with Gasteiger partial charge in [0.1, 0.15) is 23.3 Å². The van der Waals surface area contributed by atoms with E-state index in [1.165, 1.54) is 41.2 Å². The van der Waals surface area contributed by atoms with Crippen molar-refractivity contribution in [1.82, 2.24) is 20.0 Å². The first-order chi connectivity index (χ1) is 12.7. The maximum atomic E-state index is 13.8. The Balaban J connectivity index is 1.78. The van der Waals surface area contributed by atoms with E-state index in [9.17, 15) is 9.18 Å². The minimum Gasteiger partial charge on any atom is -0.346 e. The highest BCUT2D eigenvalue weighted by atomic mass is 19.1. The summed E-state index contributed by atoms with van der Waals surface area (Å²) in [4.78, 5) is 12.8. The van der Waals surface area contributed by atoms with Crippen molar-refractivity contribution < 1.29 is 18.7 Å². The fraction of sp³-hybridized carbons (Fsp3) is 0.176. The lowest BCUT2D eigenvalue weighted by atomic mass is 10.1. The zero-order valence-corrected chi connectivity index (χ0v) is 13.3. The van der Waals surface area contributed by atoms with Crippen molar-refractivity contribution in [3.63, 3.8) is 0 Å². The number of benzene rings is 1. The van der Waals surface area contributed by atoms with Gasteiger partial charge in [0.25, 0.3) is 0 Å². The lowest BCUT2D eigenvalue weighted by molar-refractivity contribution is -0.0443. The second-order valence-electron chi connectivity index (χ2n) is 5.51. The summed E-state index contributed by atoms with van der Waals surface area (Å²) in [6.07, 6.45) is 0.725. The van der Waals surface area contributed by atoms with Crippen LogP contribution in [-0.2, 0) is 9.47 Å². The number of halogens is 1. The fourth-order valence-electron chi connectivity index (χ4n) is 2.75. The number of ether oxygens (including phenoxy) is 2. The number of nitriles is 1. The largest absolute Gasteiger partial charge is 0.346 e. The molecule has 0 unspecified atom stereocenters. The molecule has 0 atom stereocenters. The lowest BCUT2D eigenvalue weighted by Gasteiger charge is -2.16. The topological polar surface area (TPSA) is 106 Å². The number of aromatic amines is 1. The molecule has 1 aliphatic heterocycles. The van der Waals surface area contributed by atoms with E-state index in [-0.39, 0.29) is 17.1 Å². The van der Waals surface area contributed by atoms with Crippen LogP contribution in [0.5, 0.6) is 0 Å². The van der Waals surface area contributed by atoms with Crippen LogP contribution in [0.2, 0.25) is 0 Å². The lowest BCUT2D eigenvalue weighted by Crippen LogP contribution is -2.14. The number of hydrogen-bond donors (Lipinski definition) is 1. The first-order valence-electron chi connectivity index (χ1n) is 7.74. The molecule has 0 bridgehead atoms. The summed E-state index contributed by atoms with van der Waals surface area (Å²) in [6, 6.07) is 8.81. The van der Waals surface area contributed by atoms with E-state index >= 15 is 0 Å². The third kappa shape index (κ3) is 2.77. The summed E-state index contributed by atoms with van der Waals surface area (Å²) < 4.78 is 26.1. The molecule has 8 nitrogen and oxygen atoms in total. The molecule has 26 heavy (non-hydrogen) atoms. The molecule has 2 aromatic heterocycles. The molecule has 1 fully saturated rings. The third-order valence-electron chi connectivity index (χ3n) is 3.91. The number of rotatable bonds is 4. The van der Waals surface area contributed by atoms with Crippen molar-refractivity contribution >= 4 is 5.78 Å². The van der Waals surface area contributed by atoms with Gasteiger partial charge in [-0.15, -0.1) is 0 Å². The van der Waals surface area contributed by atoms with E-state index < -0.39 is 17.9 Å². The van der Waals surface area contributed by atoms with Gasteiger partial charge in [0.15, 0.2) is 12.0 Å². The molecule has 1 aromatic carbocycles. The summed E-state index contributed by atoms with van der Waals surface area (Å²) in [5.41, 5.74) is 1.38.